The molecule has 0 aliphatic rings. The molecule has 0 saturated heterocycles. The van der Waals surface area contributed by atoms with E-state index in [9.17, 15) is 4.79 Å². The minimum Gasteiger partial charge on any atom is -0.495 e. The number of para-hydroxylation sites is 1. The largest absolute Gasteiger partial charge is 0.495 e. The summed E-state index contributed by atoms with van der Waals surface area (Å²) in [7, 11) is 1.56. The molecule has 1 unspecified atom stereocenters. The first kappa shape index (κ1) is 26.5. The summed E-state index contributed by atoms with van der Waals surface area (Å²) >= 11 is 12.4. The van der Waals surface area contributed by atoms with Gasteiger partial charge in [0.05, 0.1) is 43.1 Å². The van der Waals surface area contributed by atoms with Crippen LogP contribution in [-0.2, 0) is 6.42 Å². The molecular weight excluding hydrogens is 561 g/mol. The van der Waals surface area contributed by atoms with Gasteiger partial charge in [0.1, 0.15) is 11.4 Å². The molecule has 0 saturated carbocycles. The van der Waals surface area contributed by atoms with E-state index >= 15 is 0 Å². The Bertz CT molecular complexity index is 1870. The normalized spacial score (nSPS) is 11.9. The molecule has 3 heterocycles. The minimum atomic E-state index is -0.460. The van der Waals surface area contributed by atoms with Gasteiger partial charge in [0.15, 0.2) is 5.15 Å². The van der Waals surface area contributed by atoms with Crippen LogP contribution in [0.25, 0.3) is 22.5 Å². The Morgan fingerprint density at radius 3 is 2.24 bits per heavy atom. The van der Waals surface area contributed by atoms with Crippen molar-refractivity contribution in [3.8, 4) is 28.3 Å². The van der Waals surface area contributed by atoms with E-state index in [1.54, 1.807) is 47.0 Å². The third kappa shape index (κ3) is 5.50. The van der Waals surface area contributed by atoms with Crippen LogP contribution in [-0.4, -0.2) is 41.7 Å². The van der Waals surface area contributed by atoms with E-state index in [0.29, 0.717) is 39.7 Å². The predicted molar refractivity (Wildman–Crippen MR) is 157 cm³/mol. The fourth-order valence-corrected chi connectivity index (χ4v) is 5.05. The molecule has 1 atom stereocenters. The number of hydrogen-bond donors (Lipinski definition) is 0. The van der Waals surface area contributed by atoms with Crippen LogP contribution in [0, 0.1) is 0 Å². The lowest BCUT2D eigenvalue weighted by atomic mass is 10.0. The molecule has 3 aromatic carbocycles. The van der Waals surface area contributed by atoms with Crippen LogP contribution < -0.4 is 10.3 Å². The first-order chi connectivity index (χ1) is 20.0. The van der Waals surface area contributed by atoms with Crippen molar-refractivity contribution in [2.45, 2.75) is 12.5 Å². The van der Waals surface area contributed by atoms with Gasteiger partial charge in [-0.25, -0.2) is 9.36 Å². The highest BCUT2D eigenvalue weighted by Crippen LogP contribution is 2.36. The molecule has 11 heteroatoms. The molecule has 3 aromatic heterocycles. The zero-order valence-corrected chi connectivity index (χ0v) is 23.3. The summed E-state index contributed by atoms with van der Waals surface area (Å²) in [6, 6.07) is 26.0. The lowest BCUT2D eigenvalue weighted by molar-refractivity contribution is 0.406. The maximum Gasteiger partial charge on any atom is 0.252 e. The first-order valence-corrected chi connectivity index (χ1v) is 13.5. The number of nitrogens with zero attached hydrogens (tertiary/aromatic N) is 7. The fraction of sp³-hybridized carbons (Fsp3) is 0.100. The van der Waals surface area contributed by atoms with Crippen LogP contribution in [0.15, 0.2) is 108 Å². The summed E-state index contributed by atoms with van der Waals surface area (Å²) in [6.45, 7) is 0. The van der Waals surface area contributed by atoms with E-state index in [-0.39, 0.29) is 10.7 Å². The number of hydrogen-bond acceptors (Lipinski definition) is 6. The Morgan fingerprint density at radius 1 is 0.805 bits per heavy atom. The molecule has 0 amide bonds. The second-order valence-electron chi connectivity index (χ2n) is 9.28. The number of aromatic nitrogens is 7. The average Bonchev–Trinajstić information content (AvgIpc) is 3.67. The average molecular weight is 584 g/mol. The zero-order valence-electron chi connectivity index (χ0n) is 21.8. The molecule has 0 N–H and O–H groups in total. The molecule has 9 nitrogen and oxygen atoms in total. The summed E-state index contributed by atoms with van der Waals surface area (Å²) in [5.74, 6) is 0.466. The van der Waals surface area contributed by atoms with Gasteiger partial charge in [0.25, 0.3) is 5.56 Å². The number of methoxy groups -OCH3 is 1. The van der Waals surface area contributed by atoms with Gasteiger partial charge in [-0.3, -0.25) is 4.79 Å². The first-order valence-electron chi connectivity index (χ1n) is 12.7. The van der Waals surface area contributed by atoms with Crippen LogP contribution in [0.5, 0.6) is 5.75 Å². The predicted octanol–water partition coefficient (Wildman–Crippen LogP) is 5.82. The van der Waals surface area contributed by atoms with Crippen molar-refractivity contribution in [2.24, 2.45) is 0 Å². The Kier molecular flexibility index (Phi) is 7.37. The standard InChI is InChI=1S/C30H23Cl2N7O2/c1-41-28-18-37(30(40)16-24(28)23-15-21(31)12-13-26(23)39-19-29(32)34-36-39)27(14-20-8-4-2-5-9-20)25-17-38(35-33-25)22-10-6-3-7-11-22/h2-13,15-19,27H,14H2,1H3. The third-order valence-corrected chi connectivity index (χ3v) is 7.11. The lowest BCUT2D eigenvalue weighted by Crippen LogP contribution is -2.27. The van der Waals surface area contributed by atoms with Crippen molar-refractivity contribution >= 4 is 23.2 Å². The van der Waals surface area contributed by atoms with E-state index in [2.05, 4.69) is 20.6 Å². The summed E-state index contributed by atoms with van der Waals surface area (Å²) in [5, 5.41) is 17.5. The fourth-order valence-electron chi connectivity index (χ4n) is 4.75. The molecule has 6 aromatic rings. The van der Waals surface area contributed by atoms with Crippen molar-refractivity contribution in [2.75, 3.05) is 7.11 Å². The van der Waals surface area contributed by atoms with Crippen molar-refractivity contribution in [1.82, 2.24) is 34.6 Å². The molecule has 0 bridgehead atoms. The SMILES string of the molecule is COc1cn(C(Cc2ccccc2)c2cn(-c3ccccc3)nn2)c(=O)cc1-c1cc(Cl)ccc1-n1cc(Cl)nn1. The highest BCUT2D eigenvalue weighted by Gasteiger charge is 2.23. The smallest absolute Gasteiger partial charge is 0.252 e. The molecule has 204 valence electrons. The monoisotopic (exact) mass is 583 g/mol. The zero-order chi connectivity index (χ0) is 28.3. The molecule has 0 aliphatic carbocycles. The molecule has 0 fully saturated rings. The Balaban J connectivity index is 1.48. The van der Waals surface area contributed by atoms with E-state index in [1.807, 2.05) is 66.9 Å². The third-order valence-electron chi connectivity index (χ3n) is 6.71. The number of benzene rings is 3. The van der Waals surface area contributed by atoms with Gasteiger partial charge >= 0.3 is 0 Å². The Labute approximate surface area is 245 Å². The summed E-state index contributed by atoms with van der Waals surface area (Å²) < 4.78 is 10.7. The van der Waals surface area contributed by atoms with Crippen LogP contribution in [0.2, 0.25) is 10.2 Å². The number of pyridine rings is 1. The summed E-state index contributed by atoms with van der Waals surface area (Å²) in [4.78, 5) is 13.9. The highest BCUT2D eigenvalue weighted by molar-refractivity contribution is 6.31. The number of rotatable bonds is 8. The van der Waals surface area contributed by atoms with Gasteiger partial charge < -0.3 is 9.30 Å². The van der Waals surface area contributed by atoms with Gasteiger partial charge in [-0.05, 0) is 42.3 Å². The summed E-state index contributed by atoms with van der Waals surface area (Å²) in [6.07, 6.45) is 5.63. The van der Waals surface area contributed by atoms with E-state index in [1.165, 1.54) is 10.7 Å². The second-order valence-corrected chi connectivity index (χ2v) is 10.1. The molecular formula is C30H23Cl2N7O2. The molecule has 41 heavy (non-hydrogen) atoms. The maximum atomic E-state index is 13.9. The van der Waals surface area contributed by atoms with E-state index in [4.69, 9.17) is 27.9 Å². The highest BCUT2D eigenvalue weighted by atomic mass is 35.5. The van der Waals surface area contributed by atoms with Crippen LogP contribution >= 0.6 is 23.2 Å². The van der Waals surface area contributed by atoms with Crippen LogP contribution in [0.3, 0.4) is 0 Å². The maximum absolute atomic E-state index is 13.9. The van der Waals surface area contributed by atoms with Crippen LogP contribution in [0.1, 0.15) is 17.3 Å². The molecule has 6 rings (SSSR count). The van der Waals surface area contributed by atoms with E-state index in [0.717, 1.165) is 11.3 Å². The van der Waals surface area contributed by atoms with Gasteiger partial charge in [-0.2, -0.15) is 0 Å². The summed E-state index contributed by atoms with van der Waals surface area (Å²) in [5.41, 5.74) is 4.11. The molecule has 0 radical (unpaired) electrons. The van der Waals surface area contributed by atoms with Gasteiger partial charge in [-0.1, -0.05) is 82.2 Å². The van der Waals surface area contributed by atoms with Crippen molar-refractivity contribution in [3.63, 3.8) is 0 Å². The molecule has 0 aliphatic heterocycles. The number of halogens is 2. The quantitative estimate of drug-likeness (QED) is 0.224. The van der Waals surface area contributed by atoms with Crippen molar-refractivity contribution in [3.05, 3.63) is 135 Å². The number of ether oxygens (including phenoxy) is 1. The topological polar surface area (TPSA) is 92.7 Å². The van der Waals surface area contributed by atoms with Crippen LogP contribution in [0.4, 0.5) is 0 Å². The van der Waals surface area contributed by atoms with Gasteiger partial charge in [0.2, 0.25) is 0 Å². The van der Waals surface area contributed by atoms with Gasteiger partial charge in [0, 0.05) is 22.2 Å². The molecule has 0 spiro atoms. The van der Waals surface area contributed by atoms with E-state index < -0.39 is 6.04 Å². The van der Waals surface area contributed by atoms with Crippen molar-refractivity contribution in [1.29, 1.82) is 0 Å². The van der Waals surface area contributed by atoms with Crippen molar-refractivity contribution < 1.29 is 4.74 Å². The Morgan fingerprint density at radius 2 is 1.54 bits per heavy atom. The Hall–Kier alpha value is -4.73. The lowest BCUT2D eigenvalue weighted by Gasteiger charge is -2.21. The second kappa shape index (κ2) is 11.4. The minimum absolute atomic E-state index is 0.237. The van der Waals surface area contributed by atoms with Gasteiger partial charge in [-0.15, -0.1) is 10.2 Å².